The highest BCUT2D eigenvalue weighted by molar-refractivity contribution is 7.98. The van der Waals surface area contributed by atoms with E-state index >= 15 is 0 Å². The average Bonchev–Trinajstić information content (AvgIpc) is 2.19. The van der Waals surface area contributed by atoms with Crippen molar-refractivity contribution in [3.63, 3.8) is 0 Å². The number of anilines is 1. The molecular weight excluding hydrogens is 182 g/mol. The van der Waals surface area contributed by atoms with Crippen molar-refractivity contribution in [1.82, 2.24) is 4.98 Å². The van der Waals surface area contributed by atoms with E-state index in [1.165, 1.54) is 0 Å². The molecule has 0 spiro atoms. The number of hydrogen-bond acceptors (Lipinski definition) is 4. The molecule has 0 fully saturated rings. The van der Waals surface area contributed by atoms with Crippen LogP contribution in [0.1, 0.15) is 5.69 Å². The van der Waals surface area contributed by atoms with Crippen LogP contribution in [0.3, 0.4) is 0 Å². The smallest absolute Gasteiger partial charge is 0.142 e. The Morgan fingerprint density at radius 3 is 3.15 bits per heavy atom. The van der Waals surface area contributed by atoms with Gasteiger partial charge in [-0.15, -0.1) is 0 Å². The Bertz CT molecular complexity index is 306. The number of nitriles is 1. The number of nitrogens with zero attached hydrogens (tertiary/aromatic N) is 2. The maximum atomic E-state index is 8.59. The summed E-state index contributed by atoms with van der Waals surface area (Å²) in [4.78, 5) is 4.08. The first-order valence-corrected chi connectivity index (χ1v) is 5.36. The second-order valence-corrected chi connectivity index (χ2v) is 3.43. The van der Waals surface area contributed by atoms with Crippen molar-refractivity contribution in [1.29, 1.82) is 5.26 Å². The Morgan fingerprint density at radius 1 is 1.62 bits per heavy atom. The molecular formula is C9H11N3S. The van der Waals surface area contributed by atoms with Crippen LogP contribution in [0.5, 0.6) is 0 Å². The van der Waals surface area contributed by atoms with Crippen LogP contribution in [0.15, 0.2) is 18.2 Å². The third kappa shape index (κ3) is 3.34. The molecule has 0 saturated heterocycles. The van der Waals surface area contributed by atoms with Gasteiger partial charge in [0, 0.05) is 12.3 Å². The Balaban J connectivity index is 2.52. The molecule has 1 N–H and O–H groups in total. The fourth-order valence-electron chi connectivity index (χ4n) is 0.877. The molecule has 0 amide bonds. The molecule has 0 atom stereocenters. The summed E-state index contributed by atoms with van der Waals surface area (Å²) in [7, 11) is 0. The summed E-state index contributed by atoms with van der Waals surface area (Å²) in [6, 6.07) is 7.38. The molecule has 0 aliphatic carbocycles. The molecule has 3 nitrogen and oxygen atoms in total. The Kier molecular flexibility index (Phi) is 4.13. The second-order valence-electron chi connectivity index (χ2n) is 2.44. The molecule has 68 valence electrons. The zero-order valence-corrected chi connectivity index (χ0v) is 8.27. The van der Waals surface area contributed by atoms with Crippen molar-refractivity contribution < 1.29 is 0 Å². The maximum absolute atomic E-state index is 8.59. The summed E-state index contributed by atoms with van der Waals surface area (Å²) >= 11 is 1.78. The van der Waals surface area contributed by atoms with E-state index in [4.69, 9.17) is 5.26 Å². The third-order valence-electron chi connectivity index (χ3n) is 1.48. The largest absolute Gasteiger partial charge is 0.369 e. The normalized spacial score (nSPS) is 9.23. The summed E-state index contributed by atoms with van der Waals surface area (Å²) in [6.07, 6.45) is 2.06. The summed E-state index contributed by atoms with van der Waals surface area (Å²) in [5.74, 6) is 1.81. The van der Waals surface area contributed by atoms with Gasteiger partial charge in [-0.25, -0.2) is 4.98 Å². The number of thioether (sulfide) groups is 1. The van der Waals surface area contributed by atoms with Crippen LogP contribution >= 0.6 is 11.8 Å². The van der Waals surface area contributed by atoms with Gasteiger partial charge in [0.25, 0.3) is 0 Å². The molecule has 0 unspecified atom stereocenters. The number of pyridine rings is 1. The van der Waals surface area contributed by atoms with Crippen molar-refractivity contribution in [3.05, 3.63) is 23.9 Å². The van der Waals surface area contributed by atoms with Crippen molar-refractivity contribution in [2.75, 3.05) is 23.9 Å². The second kappa shape index (κ2) is 5.44. The summed E-state index contributed by atoms with van der Waals surface area (Å²) in [5, 5.41) is 11.7. The van der Waals surface area contributed by atoms with E-state index in [1.807, 2.05) is 18.2 Å². The lowest BCUT2D eigenvalue weighted by molar-refractivity contribution is 1.16. The van der Waals surface area contributed by atoms with E-state index in [-0.39, 0.29) is 0 Å². The molecule has 4 heteroatoms. The van der Waals surface area contributed by atoms with E-state index < -0.39 is 0 Å². The van der Waals surface area contributed by atoms with Crippen LogP contribution in [-0.4, -0.2) is 23.5 Å². The van der Waals surface area contributed by atoms with Crippen molar-refractivity contribution in [2.24, 2.45) is 0 Å². The minimum absolute atomic E-state index is 0.453. The van der Waals surface area contributed by atoms with Crippen LogP contribution in [0.2, 0.25) is 0 Å². The maximum Gasteiger partial charge on any atom is 0.142 e. The van der Waals surface area contributed by atoms with Crippen LogP contribution in [0.4, 0.5) is 5.82 Å². The van der Waals surface area contributed by atoms with Gasteiger partial charge in [-0.2, -0.15) is 17.0 Å². The summed E-state index contributed by atoms with van der Waals surface area (Å²) in [6.45, 7) is 0.878. The fraction of sp³-hybridized carbons (Fsp3) is 0.333. The molecule has 13 heavy (non-hydrogen) atoms. The van der Waals surface area contributed by atoms with Crippen molar-refractivity contribution in [3.8, 4) is 6.07 Å². The molecule has 0 aromatic carbocycles. The molecule has 1 heterocycles. The highest BCUT2D eigenvalue weighted by Crippen LogP contribution is 2.03. The van der Waals surface area contributed by atoms with Gasteiger partial charge in [-0.1, -0.05) is 6.07 Å². The predicted octanol–water partition coefficient (Wildman–Crippen LogP) is 1.73. The fourth-order valence-corrected chi connectivity index (χ4v) is 1.18. The SMILES string of the molecule is CSCCNc1cccc(C#N)n1. The van der Waals surface area contributed by atoms with Crippen LogP contribution in [0.25, 0.3) is 0 Å². The van der Waals surface area contributed by atoms with Gasteiger partial charge in [-0.3, -0.25) is 0 Å². The summed E-state index contributed by atoms with van der Waals surface area (Å²) < 4.78 is 0. The van der Waals surface area contributed by atoms with Crippen molar-refractivity contribution >= 4 is 17.6 Å². The number of aromatic nitrogens is 1. The Labute approximate surface area is 82.2 Å². The zero-order valence-electron chi connectivity index (χ0n) is 7.45. The number of nitrogens with one attached hydrogen (secondary N) is 1. The van der Waals surface area contributed by atoms with Crippen LogP contribution in [-0.2, 0) is 0 Å². The van der Waals surface area contributed by atoms with E-state index in [1.54, 1.807) is 17.8 Å². The topological polar surface area (TPSA) is 48.7 Å². The monoisotopic (exact) mass is 193 g/mol. The van der Waals surface area contributed by atoms with Gasteiger partial charge in [0.15, 0.2) is 0 Å². The minimum Gasteiger partial charge on any atom is -0.369 e. The molecule has 0 bridgehead atoms. The number of rotatable bonds is 4. The molecule has 0 saturated carbocycles. The molecule has 1 aromatic heterocycles. The molecule has 1 rings (SSSR count). The first kappa shape index (κ1) is 9.87. The first-order valence-electron chi connectivity index (χ1n) is 3.97. The standard InChI is InChI=1S/C9H11N3S/c1-13-6-5-11-9-4-2-3-8(7-10)12-9/h2-4H,5-6H2,1H3,(H,11,12). The van der Waals surface area contributed by atoms with E-state index in [9.17, 15) is 0 Å². The Morgan fingerprint density at radius 2 is 2.46 bits per heavy atom. The van der Waals surface area contributed by atoms with Gasteiger partial charge >= 0.3 is 0 Å². The highest BCUT2D eigenvalue weighted by Gasteiger charge is 1.94. The van der Waals surface area contributed by atoms with Crippen LogP contribution in [0, 0.1) is 11.3 Å². The highest BCUT2D eigenvalue weighted by atomic mass is 32.2. The average molecular weight is 193 g/mol. The first-order chi connectivity index (χ1) is 6.36. The van der Waals surface area contributed by atoms with Gasteiger partial charge in [0.1, 0.15) is 17.6 Å². The third-order valence-corrected chi connectivity index (χ3v) is 2.09. The lowest BCUT2D eigenvalue weighted by atomic mass is 10.3. The Hall–Kier alpha value is -1.21. The van der Waals surface area contributed by atoms with Crippen LogP contribution < -0.4 is 5.32 Å². The van der Waals surface area contributed by atoms with E-state index in [2.05, 4.69) is 16.6 Å². The molecule has 0 aliphatic rings. The van der Waals surface area contributed by atoms with Gasteiger partial charge < -0.3 is 5.32 Å². The van der Waals surface area contributed by atoms with E-state index in [0.29, 0.717) is 5.69 Å². The predicted molar refractivity (Wildman–Crippen MR) is 55.8 cm³/mol. The lowest BCUT2D eigenvalue weighted by Crippen LogP contribution is -2.05. The molecule has 0 aliphatic heterocycles. The molecule has 0 radical (unpaired) electrons. The van der Waals surface area contributed by atoms with E-state index in [0.717, 1.165) is 18.1 Å². The minimum atomic E-state index is 0.453. The quantitative estimate of drug-likeness (QED) is 0.740. The lowest BCUT2D eigenvalue weighted by Gasteiger charge is -2.03. The molecule has 1 aromatic rings. The van der Waals surface area contributed by atoms with Gasteiger partial charge in [0.05, 0.1) is 0 Å². The number of hydrogen-bond donors (Lipinski definition) is 1. The van der Waals surface area contributed by atoms with Gasteiger partial charge in [0.2, 0.25) is 0 Å². The van der Waals surface area contributed by atoms with Crippen molar-refractivity contribution in [2.45, 2.75) is 0 Å². The summed E-state index contributed by atoms with van der Waals surface area (Å²) in [5.41, 5.74) is 0.453. The van der Waals surface area contributed by atoms with Gasteiger partial charge in [-0.05, 0) is 18.4 Å². The zero-order chi connectivity index (χ0) is 9.52.